The van der Waals surface area contributed by atoms with Crippen LogP contribution in [0.2, 0.25) is 0 Å². The van der Waals surface area contributed by atoms with E-state index in [1.807, 2.05) is 68.8 Å². The number of hydrazone groups is 1. The molecule has 0 aliphatic carbocycles. The maximum Gasteiger partial charge on any atom is 0.259 e. The first kappa shape index (κ1) is 17.7. The van der Waals surface area contributed by atoms with E-state index in [9.17, 15) is 4.79 Å². The molecule has 0 bridgehead atoms. The molecule has 3 rings (SSSR count). The highest BCUT2D eigenvalue weighted by Crippen LogP contribution is 2.16. The summed E-state index contributed by atoms with van der Waals surface area (Å²) in [6, 6.07) is 14.0. The number of hydrogen-bond acceptors (Lipinski definition) is 4. The van der Waals surface area contributed by atoms with Gasteiger partial charge < -0.3 is 9.88 Å². The maximum absolute atomic E-state index is 12.1. The summed E-state index contributed by atoms with van der Waals surface area (Å²) in [5.74, 6) is 0.525. The molecule has 1 aromatic heterocycles. The molecule has 0 fully saturated rings. The van der Waals surface area contributed by atoms with Crippen LogP contribution in [0.1, 0.15) is 23.9 Å². The molecular formula is C20H23N5O. The van der Waals surface area contributed by atoms with E-state index >= 15 is 0 Å². The highest BCUT2D eigenvalue weighted by molar-refractivity contribution is 5.99. The van der Waals surface area contributed by atoms with E-state index in [1.54, 1.807) is 0 Å². The summed E-state index contributed by atoms with van der Waals surface area (Å²) in [6.45, 7) is 6.05. The van der Waals surface area contributed by atoms with Gasteiger partial charge in [-0.15, -0.1) is 0 Å². The van der Waals surface area contributed by atoms with Crippen molar-refractivity contribution in [3.05, 3.63) is 59.4 Å². The standard InChI is InChI=1S/C20H23N5O/c1-13-9-10-16(14(2)11-13)21-12-19(26)24-23-15(3)20-22-17-7-5-6-8-18(17)25(20)4/h5-11,21H,12H2,1-4H3,(H,24,26)/b23-15+. The van der Waals surface area contributed by atoms with E-state index in [1.165, 1.54) is 5.56 Å². The third kappa shape index (κ3) is 3.74. The molecule has 0 spiro atoms. The second-order valence-corrected chi connectivity index (χ2v) is 6.39. The number of nitrogens with one attached hydrogen (secondary N) is 2. The molecule has 2 N–H and O–H groups in total. The Hall–Kier alpha value is -3.15. The lowest BCUT2D eigenvalue weighted by molar-refractivity contribution is -0.119. The number of imidazole rings is 1. The summed E-state index contributed by atoms with van der Waals surface area (Å²) in [6.07, 6.45) is 0. The largest absolute Gasteiger partial charge is 0.376 e. The number of nitrogens with zero attached hydrogens (tertiary/aromatic N) is 3. The Morgan fingerprint density at radius 1 is 1.19 bits per heavy atom. The van der Waals surface area contributed by atoms with Crippen molar-refractivity contribution in [2.75, 3.05) is 11.9 Å². The van der Waals surface area contributed by atoms with Crippen molar-refractivity contribution in [3.8, 4) is 0 Å². The van der Waals surface area contributed by atoms with Gasteiger partial charge in [-0.3, -0.25) is 4.79 Å². The van der Waals surface area contributed by atoms with Gasteiger partial charge in [0, 0.05) is 12.7 Å². The average molecular weight is 349 g/mol. The van der Waals surface area contributed by atoms with Crippen LogP contribution >= 0.6 is 0 Å². The van der Waals surface area contributed by atoms with Gasteiger partial charge in [0.25, 0.3) is 5.91 Å². The van der Waals surface area contributed by atoms with Crippen LogP contribution < -0.4 is 10.7 Å². The summed E-state index contributed by atoms with van der Waals surface area (Å²) in [5, 5.41) is 7.33. The first-order valence-electron chi connectivity index (χ1n) is 8.52. The van der Waals surface area contributed by atoms with Crippen molar-refractivity contribution >= 4 is 28.3 Å². The summed E-state index contributed by atoms with van der Waals surface area (Å²) in [7, 11) is 1.94. The van der Waals surface area contributed by atoms with E-state index < -0.39 is 0 Å². The first-order chi connectivity index (χ1) is 12.5. The predicted octanol–water partition coefficient (Wildman–Crippen LogP) is 3.14. The molecule has 0 saturated heterocycles. The van der Waals surface area contributed by atoms with E-state index in [4.69, 9.17) is 0 Å². The SMILES string of the molecule is C/C(=N\NC(=O)CNc1ccc(C)cc1C)c1nc2ccccc2n1C. The number of amides is 1. The number of carbonyl (C=O) groups is 1. The molecule has 0 aliphatic heterocycles. The number of fused-ring (bicyclic) bond motifs is 1. The molecule has 1 amide bonds. The maximum atomic E-state index is 12.1. The summed E-state index contributed by atoms with van der Waals surface area (Å²) in [4.78, 5) is 16.6. The minimum Gasteiger partial charge on any atom is -0.376 e. The van der Waals surface area contributed by atoms with Crippen LogP contribution in [0.25, 0.3) is 11.0 Å². The van der Waals surface area contributed by atoms with Gasteiger partial charge in [-0.2, -0.15) is 5.10 Å². The summed E-state index contributed by atoms with van der Waals surface area (Å²) < 4.78 is 1.97. The molecular weight excluding hydrogens is 326 g/mol. The molecule has 2 aromatic carbocycles. The molecule has 1 heterocycles. The lowest BCUT2D eigenvalue weighted by Crippen LogP contribution is -2.27. The Bertz CT molecular complexity index is 987. The third-order valence-corrected chi connectivity index (χ3v) is 4.28. The fraction of sp³-hybridized carbons (Fsp3) is 0.250. The van der Waals surface area contributed by atoms with Crippen LogP contribution in [0.4, 0.5) is 5.69 Å². The van der Waals surface area contributed by atoms with Gasteiger partial charge in [0.2, 0.25) is 0 Å². The number of rotatable bonds is 5. The van der Waals surface area contributed by atoms with Crippen LogP contribution in [0.5, 0.6) is 0 Å². The van der Waals surface area contributed by atoms with Crippen LogP contribution in [-0.2, 0) is 11.8 Å². The number of para-hydroxylation sites is 2. The number of aryl methyl sites for hydroxylation is 3. The summed E-state index contributed by atoms with van der Waals surface area (Å²) >= 11 is 0. The highest BCUT2D eigenvalue weighted by Gasteiger charge is 2.10. The molecule has 0 radical (unpaired) electrons. The second kappa shape index (κ2) is 7.39. The molecule has 0 atom stereocenters. The lowest BCUT2D eigenvalue weighted by Gasteiger charge is -2.09. The predicted molar refractivity (Wildman–Crippen MR) is 105 cm³/mol. The Kier molecular flexibility index (Phi) is 5.02. The van der Waals surface area contributed by atoms with E-state index in [-0.39, 0.29) is 12.5 Å². The summed E-state index contributed by atoms with van der Waals surface area (Å²) in [5.41, 5.74) is 8.42. The molecule has 0 aliphatic rings. The van der Waals surface area contributed by atoms with Gasteiger partial charge in [-0.1, -0.05) is 29.8 Å². The zero-order chi connectivity index (χ0) is 18.7. The van der Waals surface area contributed by atoms with Crippen molar-refractivity contribution in [1.82, 2.24) is 15.0 Å². The lowest BCUT2D eigenvalue weighted by atomic mass is 10.1. The molecule has 6 heteroatoms. The molecule has 134 valence electrons. The Morgan fingerprint density at radius 3 is 2.69 bits per heavy atom. The van der Waals surface area contributed by atoms with Crippen LogP contribution in [0.3, 0.4) is 0 Å². The number of hydrogen-bond donors (Lipinski definition) is 2. The smallest absolute Gasteiger partial charge is 0.259 e. The van der Waals surface area contributed by atoms with E-state index in [0.29, 0.717) is 5.71 Å². The van der Waals surface area contributed by atoms with Crippen LogP contribution in [0.15, 0.2) is 47.6 Å². The van der Waals surface area contributed by atoms with Gasteiger partial charge >= 0.3 is 0 Å². The number of aromatic nitrogens is 2. The van der Waals surface area contributed by atoms with Gasteiger partial charge in [0.15, 0.2) is 5.82 Å². The van der Waals surface area contributed by atoms with Crippen LogP contribution in [-0.4, -0.2) is 27.7 Å². The van der Waals surface area contributed by atoms with Gasteiger partial charge in [0.1, 0.15) is 5.71 Å². The van der Waals surface area contributed by atoms with Crippen molar-refractivity contribution in [2.24, 2.45) is 12.1 Å². The van der Waals surface area contributed by atoms with E-state index in [2.05, 4.69) is 26.9 Å². The first-order valence-corrected chi connectivity index (χ1v) is 8.52. The highest BCUT2D eigenvalue weighted by atomic mass is 16.2. The van der Waals surface area contributed by atoms with Crippen molar-refractivity contribution in [3.63, 3.8) is 0 Å². The van der Waals surface area contributed by atoms with Crippen molar-refractivity contribution in [2.45, 2.75) is 20.8 Å². The fourth-order valence-corrected chi connectivity index (χ4v) is 2.89. The Balaban J connectivity index is 1.64. The zero-order valence-corrected chi connectivity index (χ0v) is 15.5. The molecule has 0 saturated carbocycles. The Morgan fingerprint density at radius 2 is 1.96 bits per heavy atom. The van der Waals surface area contributed by atoms with Crippen LogP contribution in [0, 0.1) is 13.8 Å². The zero-order valence-electron chi connectivity index (χ0n) is 15.5. The second-order valence-electron chi connectivity index (χ2n) is 6.39. The normalized spacial score (nSPS) is 11.6. The third-order valence-electron chi connectivity index (χ3n) is 4.28. The minimum absolute atomic E-state index is 0.156. The number of benzene rings is 2. The topological polar surface area (TPSA) is 71.3 Å². The molecule has 26 heavy (non-hydrogen) atoms. The molecule has 3 aromatic rings. The minimum atomic E-state index is -0.205. The average Bonchev–Trinajstić information content (AvgIpc) is 2.96. The Labute approximate surface area is 152 Å². The molecule has 0 unspecified atom stereocenters. The van der Waals surface area contributed by atoms with Gasteiger partial charge in [0.05, 0.1) is 17.6 Å². The number of anilines is 1. The monoisotopic (exact) mass is 349 g/mol. The fourth-order valence-electron chi connectivity index (χ4n) is 2.89. The quantitative estimate of drug-likeness (QED) is 0.549. The number of carbonyl (C=O) groups excluding carboxylic acids is 1. The van der Waals surface area contributed by atoms with Crippen molar-refractivity contribution < 1.29 is 4.79 Å². The van der Waals surface area contributed by atoms with Crippen molar-refractivity contribution in [1.29, 1.82) is 0 Å². The van der Waals surface area contributed by atoms with Gasteiger partial charge in [-0.25, -0.2) is 10.4 Å². The van der Waals surface area contributed by atoms with Gasteiger partial charge in [-0.05, 0) is 44.5 Å². The van der Waals surface area contributed by atoms with E-state index in [0.717, 1.165) is 28.1 Å². The molecule has 6 nitrogen and oxygen atoms in total.